The minimum atomic E-state index is -1.24. The molecular weight excluding hydrogens is 268 g/mol. The number of hydrogen-bond acceptors (Lipinski definition) is 3. The molecule has 5 heteroatoms. The highest BCUT2D eigenvalue weighted by Gasteiger charge is 2.38. The maximum atomic E-state index is 12.1. The van der Waals surface area contributed by atoms with Gasteiger partial charge in [0.15, 0.2) is 0 Å². The largest absolute Gasteiger partial charge is 0.380 e. The van der Waals surface area contributed by atoms with E-state index in [-0.39, 0.29) is 17.9 Å². The molecule has 3 N–H and O–H groups in total. The van der Waals surface area contributed by atoms with E-state index in [9.17, 15) is 14.7 Å². The fourth-order valence-electron chi connectivity index (χ4n) is 2.48. The lowest BCUT2D eigenvalue weighted by atomic mass is 10.0. The van der Waals surface area contributed by atoms with Crippen LogP contribution in [-0.2, 0) is 4.79 Å². The average Bonchev–Trinajstić information content (AvgIpc) is 2.87. The second-order valence-electron chi connectivity index (χ2n) is 5.90. The van der Waals surface area contributed by atoms with E-state index in [1.807, 2.05) is 13.8 Å². The maximum absolute atomic E-state index is 12.1. The number of anilines is 1. The molecule has 2 amide bonds. The van der Waals surface area contributed by atoms with Gasteiger partial charge in [-0.2, -0.15) is 0 Å². The van der Waals surface area contributed by atoms with E-state index in [1.54, 1.807) is 24.3 Å². The number of aliphatic hydroxyl groups is 1. The zero-order chi connectivity index (χ0) is 15.5. The van der Waals surface area contributed by atoms with Crippen molar-refractivity contribution in [1.29, 1.82) is 0 Å². The molecule has 0 saturated heterocycles. The Bertz CT molecular complexity index is 517. The van der Waals surface area contributed by atoms with Crippen LogP contribution in [0.3, 0.4) is 0 Å². The van der Waals surface area contributed by atoms with Crippen LogP contribution in [0.4, 0.5) is 5.69 Å². The van der Waals surface area contributed by atoms with Crippen molar-refractivity contribution in [2.45, 2.75) is 51.2 Å². The summed E-state index contributed by atoms with van der Waals surface area (Å²) in [4.78, 5) is 23.9. The number of benzene rings is 1. The highest BCUT2D eigenvalue weighted by Crippen LogP contribution is 2.30. The van der Waals surface area contributed by atoms with Crippen LogP contribution in [0.2, 0.25) is 0 Å². The molecule has 1 aliphatic rings. The zero-order valence-corrected chi connectivity index (χ0v) is 12.5. The summed E-state index contributed by atoms with van der Waals surface area (Å²) in [6.07, 6.45) is 2.76. The fraction of sp³-hybridized carbons (Fsp3) is 0.500. The van der Waals surface area contributed by atoms with Gasteiger partial charge in [0, 0.05) is 17.3 Å². The molecule has 1 saturated carbocycles. The van der Waals surface area contributed by atoms with E-state index in [0.29, 0.717) is 24.1 Å². The molecule has 5 nitrogen and oxygen atoms in total. The van der Waals surface area contributed by atoms with Gasteiger partial charge in [0.05, 0.1) is 0 Å². The highest BCUT2D eigenvalue weighted by molar-refractivity contribution is 5.98. The molecule has 1 aromatic rings. The summed E-state index contributed by atoms with van der Waals surface area (Å²) in [5.41, 5.74) is -0.115. The molecule has 0 bridgehead atoms. The van der Waals surface area contributed by atoms with Crippen LogP contribution in [-0.4, -0.2) is 28.6 Å². The van der Waals surface area contributed by atoms with Crippen molar-refractivity contribution >= 4 is 17.5 Å². The third kappa shape index (κ3) is 3.82. The Morgan fingerprint density at radius 3 is 2.24 bits per heavy atom. The third-order valence-electron chi connectivity index (χ3n) is 3.68. The predicted molar refractivity (Wildman–Crippen MR) is 81.1 cm³/mol. The lowest BCUT2D eigenvalue weighted by molar-refractivity contribution is -0.133. The lowest BCUT2D eigenvalue weighted by Gasteiger charge is -2.21. The third-order valence-corrected chi connectivity index (χ3v) is 3.68. The Balaban J connectivity index is 1.99. The second-order valence-corrected chi connectivity index (χ2v) is 5.90. The Morgan fingerprint density at radius 1 is 1.14 bits per heavy atom. The molecule has 0 unspecified atom stereocenters. The molecule has 2 rings (SSSR count). The van der Waals surface area contributed by atoms with Crippen molar-refractivity contribution in [2.75, 3.05) is 5.32 Å². The molecule has 0 aromatic heterocycles. The quantitative estimate of drug-likeness (QED) is 0.794. The maximum Gasteiger partial charge on any atom is 0.256 e. The molecule has 0 aliphatic heterocycles. The second kappa shape index (κ2) is 6.26. The van der Waals surface area contributed by atoms with Crippen LogP contribution in [0.15, 0.2) is 24.3 Å². The summed E-state index contributed by atoms with van der Waals surface area (Å²) < 4.78 is 0. The number of carbonyl (C=O) groups excluding carboxylic acids is 2. The molecule has 114 valence electrons. The molecule has 21 heavy (non-hydrogen) atoms. The summed E-state index contributed by atoms with van der Waals surface area (Å²) in [6, 6.07) is 6.74. The SMILES string of the molecule is CC(C)NC(=O)c1ccc(NC(=O)C2(O)CCCC2)cc1. The van der Waals surface area contributed by atoms with Crippen LogP contribution in [0, 0.1) is 0 Å². The number of hydrogen-bond donors (Lipinski definition) is 3. The molecule has 0 radical (unpaired) electrons. The van der Waals surface area contributed by atoms with Crippen molar-refractivity contribution in [3.63, 3.8) is 0 Å². The average molecular weight is 290 g/mol. The van der Waals surface area contributed by atoms with Crippen molar-refractivity contribution in [3.05, 3.63) is 29.8 Å². The van der Waals surface area contributed by atoms with Gasteiger partial charge in [0.1, 0.15) is 5.60 Å². The highest BCUT2D eigenvalue weighted by atomic mass is 16.3. The first-order valence-electron chi connectivity index (χ1n) is 7.35. The van der Waals surface area contributed by atoms with Gasteiger partial charge in [0.25, 0.3) is 11.8 Å². The normalized spacial score (nSPS) is 16.8. The van der Waals surface area contributed by atoms with Gasteiger partial charge in [-0.05, 0) is 63.8 Å². The first-order chi connectivity index (χ1) is 9.90. The first kappa shape index (κ1) is 15.5. The van der Waals surface area contributed by atoms with Gasteiger partial charge in [-0.15, -0.1) is 0 Å². The Morgan fingerprint density at radius 2 is 1.71 bits per heavy atom. The van der Waals surface area contributed by atoms with E-state index in [2.05, 4.69) is 10.6 Å². The van der Waals surface area contributed by atoms with Crippen molar-refractivity contribution < 1.29 is 14.7 Å². The summed E-state index contributed by atoms with van der Waals surface area (Å²) in [7, 11) is 0. The fourth-order valence-corrected chi connectivity index (χ4v) is 2.48. The minimum Gasteiger partial charge on any atom is -0.380 e. The monoisotopic (exact) mass is 290 g/mol. The first-order valence-corrected chi connectivity index (χ1v) is 7.35. The van der Waals surface area contributed by atoms with Crippen LogP contribution >= 0.6 is 0 Å². The van der Waals surface area contributed by atoms with E-state index < -0.39 is 5.60 Å². The van der Waals surface area contributed by atoms with Crippen LogP contribution in [0.1, 0.15) is 49.9 Å². The van der Waals surface area contributed by atoms with Gasteiger partial charge in [0.2, 0.25) is 0 Å². The lowest BCUT2D eigenvalue weighted by Crippen LogP contribution is -2.40. The summed E-state index contributed by atoms with van der Waals surface area (Å²) >= 11 is 0. The number of nitrogens with one attached hydrogen (secondary N) is 2. The van der Waals surface area contributed by atoms with Crippen LogP contribution < -0.4 is 10.6 Å². The van der Waals surface area contributed by atoms with Crippen molar-refractivity contribution in [1.82, 2.24) is 5.32 Å². The van der Waals surface area contributed by atoms with Crippen LogP contribution in [0.5, 0.6) is 0 Å². The Labute approximate surface area is 124 Å². The van der Waals surface area contributed by atoms with Gasteiger partial charge >= 0.3 is 0 Å². The summed E-state index contributed by atoms with van der Waals surface area (Å²) in [5.74, 6) is -0.503. The molecule has 0 atom stereocenters. The van der Waals surface area contributed by atoms with E-state index in [4.69, 9.17) is 0 Å². The van der Waals surface area contributed by atoms with Crippen molar-refractivity contribution in [2.24, 2.45) is 0 Å². The molecule has 0 spiro atoms. The Kier molecular flexibility index (Phi) is 4.63. The predicted octanol–water partition coefficient (Wildman–Crippen LogP) is 2.07. The Hall–Kier alpha value is -1.88. The molecular formula is C16H22N2O3. The van der Waals surface area contributed by atoms with Gasteiger partial charge in [-0.25, -0.2) is 0 Å². The standard InChI is InChI=1S/C16H22N2O3/c1-11(2)17-14(19)12-5-7-13(8-6-12)18-15(20)16(21)9-3-4-10-16/h5-8,11,21H,3-4,9-10H2,1-2H3,(H,17,19)(H,18,20). The smallest absolute Gasteiger partial charge is 0.256 e. The van der Waals surface area contributed by atoms with E-state index in [0.717, 1.165) is 12.8 Å². The molecule has 1 fully saturated rings. The summed E-state index contributed by atoms with van der Waals surface area (Å²) in [6.45, 7) is 3.80. The number of carbonyl (C=O) groups is 2. The van der Waals surface area contributed by atoms with E-state index in [1.165, 1.54) is 0 Å². The molecule has 1 aromatic carbocycles. The number of amides is 2. The summed E-state index contributed by atoms with van der Waals surface area (Å²) in [5, 5.41) is 15.7. The minimum absolute atomic E-state index is 0.0773. The van der Waals surface area contributed by atoms with Crippen molar-refractivity contribution in [3.8, 4) is 0 Å². The molecule has 1 aliphatic carbocycles. The number of rotatable bonds is 4. The van der Waals surface area contributed by atoms with Gasteiger partial charge in [-0.1, -0.05) is 0 Å². The van der Waals surface area contributed by atoms with Crippen LogP contribution in [0.25, 0.3) is 0 Å². The topological polar surface area (TPSA) is 78.4 Å². The van der Waals surface area contributed by atoms with Gasteiger partial charge in [-0.3, -0.25) is 9.59 Å². The van der Waals surface area contributed by atoms with Gasteiger partial charge < -0.3 is 15.7 Å². The van der Waals surface area contributed by atoms with E-state index >= 15 is 0 Å². The molecule has 0 heterocycles. The zero-order valence-electron chi connectivity index (χ0n) is 12.5.